The van der Waals surface area contributed by atoms with Gasteiger partial charge in [-0.2, -0.15) is 78.9 Å². The Kier molecular flexibility index (Phi) is 15.9. The molecule has 0 aliphatic rings. The van der Waals surface area contributed by atoms with Crippen molar-refractivity contribution in [2.45, 2.75) is 47.0 Å². The molecule has 0 bridgehead atoms. The monoisotopic (exact) mass is 763 g/mol. The average molecular weight is 763 g/mol. The van der Waals surface area contributed by atoms with Crippen molar-refractivity contribution < 1.29 is 112 Å². The van der Waals surface area contributed by atoms with Crippen LogP contribution in [0.1, 0.15) is 0 Å². The summed E-state index contributed by atoms with van der Waals surface area (Å²) in [6.07, 6.45) is -7.93. The van der Waals surface area contributed by atoms with Crippen LogP contribution in [0.15, 0.2) is 0 Å². The summed E-state index contributed by atoms with van der Waals surface area (Å²) in [5.41, 5.74) is 0. The van der Waals surface area contributed by atoms with Crippen molar-refractivity contribution >= 4 is 10.0 Å². The molecule has 0 saturated carbocycles. The highest BCUT2D eigenvalue weighted by Gasteiger charge is 2.96. The second kappa shape index (κ2) is 16.5. The van der Waals surface area contributed by atoms with Crippen LogP contribution in [0.2, 0.25) is 0 Å². The molecular weight excluding hydrogens is 737 g/mol. The normalized spacial score (nSPS) is 15.1. The minimum absolute atomic E-state index is 0.276. The van der Waals surface area contributed by atoms with Crippen LogP contribution in [0.4, 0.5) is 74.6 Å². The van der Waals surface area contributed by atoms with Crippen LogP contribution in [-0.2, 0) is 29.0 Å². The lowest BCUT2D eigenvalue weighted by Crippen LogP contribution is -2.75. The van der Waals surface area contributed by atoms with E-state index in [2.05, 4.69) is 9.47 Å². The van der Waals surface area contributed by atoms with E-state index in [1.807, 2.05) is 0 Å². The van der Waals surface area contributed by atoms with E-state index in [0.717, 1.165) is 0 Å². The predicted octanol–water partition coefficient (Wildman–Crippen LogP) is 3.64. The fraction of sp³-hybridized carbons (Fsp3) is 1.00. The van der Waals surface area contributed by atoms with Gasteiger partial charge < -0.3 is 29.2 Å². The highest BCUT2D eigenvalue weighted by molar-refractivity contribution is 7.90. The second-order valence-electron chi connectivity index (χ2n) is 8.76. The molecule has 0 amide bonds. The van der Waals surface area contributed by atoms with E-state index in [9.17, 15) is 83.1 Å². The van der Waals surface area contributed by atoms with Crippen molar-refractivity contribution in [2.75, 3.05) is 79.2 Å². The summed E-state index contributed by atoms with van der Waals surface area (Å²) in [7, 11) is -7.55. The van der Waals surface area contributed by atoms with Gasteiger partial charge in [-0.15, -0.1) is 0 Å². The van der Waals surface area contributed by atoms with Crippen molar-refractivity contribution in [3.63, 3.8) is 0 Å². The summed E-state index contributed by atoms with van der Waals surface area (Å²) in [4.78, 5) is 0. The summed E-state index contributed by atoms with van der Waals surface area (Å²) >= 11 is 0. The molecule has 0 rings (SSSR count). The maximum absolute atomic E-state index is 14.7. The Balaban J connectivity index is 6.55. The first-order valence-electron chi connectivity index (χ1n) is 12.3. The Morgan fingerprint density at radius 3 is 1.00 bits per heavy atom. The van der Waals surface area contributed by atoms with Crippen LogP contribution in [0.3, 0.4) is 0 Å². The van der Waals surface area contributed by atoms with Crippen molar-refractivity contribution in [2.24, 2.45) is 0 Å². The van der Waals surface area contributed by atoms with Gasteiger partial charge in [0.15, 0.2) is 0 Å². The van der Waals surface area contributed by atoms with E-state index >= 15 is 0 Å². The number of hydrogen-bond donors (Lipinski definition) is 2. The zero-order valence-electron chi connectivity index (χ0n) is 23.1. The number of aliphatic hydroxyl groups is 2. The molecule has 9 nitrogen and oxygen atoms in total. The van der Waals surface area contributed by atoms with Crippen molar-refractivity contribution in [1.29, 1.82) is 0 Å². The first-order chi connectivity index (χ1) is 21.0. The van der Waals surface area contributed by atoms with Gasteiger partial charge in [-0.1, -0.05) is 0 Å². The molecule has 0 fully saturated rings. The SMILES string of the molecule is O=S(=O)(N(CCOCCOCCO)CCOCCOCCO)C(F)(F)C(F)(F)C(F)(F)C(F)(F)C(F)(F)C(F)(F)C(F)(F)C(F)(F)F. The Morgan fingerprint density at radius 1 is 0.426 bits per heavy atom. The highest BCUT2D eigenvalue weighted by atomic mass is 32.2. The van der Waals surface area contributed by atoms with Gasteiger partial charge in [-0.05, 0) is 0 Å². The minimum atomic E-state index is -8.94. The molecule has 27 heteroatoms. The molecule has 47 heavy (non-hydrogen) atoms. The lowest BCUT2D eigenvalue weighted by molar-refractivity contribution is -0.458. The molecule has 0 aliphatic heterocycles. The van der Waals surface area contributed by atoms with Gasteiger partial charge in [0, 0.05) is 13.1 Å². The van der Waals surface area contributed by atoms with Crippen LogP contribution in [0.5, 0.6) is 0 Å². The first-order valence-corrected chi connectivity index (χ1v) is 13.7. The zero-order valence-corrected chi connectivity index (χ0v) is 23.9. The number of halogens is 17. The van der Waals surface area contributed by atoms with E-state index in [1.54, 1.807) is 0 Å². The largest absolute Gasteiger partial charge is 0.460 e. The Morgan fingerprint density at radius 2 is 0.702 bits per heavy atom. The third-order valence-electron chi connectivity index (χ3n) is 5.54. The fourth-order valence-corrected chi connectivity index (χ4v) is 4.34. The summed E-state index contributed by atoms with van der Waals surface area (Å²) in [6.45, 7) is -8.78. The van der Waals surface area contributed by atoms with Crippen LogP contribution in [0, 0.1) is 0 Å². The molecule has 0 aromatic heterocycles. The molecule has 0 radical (unpaired) electrons. The summed E-state index contributed by atoms with van der Waals surface area (Å²) in [6, 6.07) is 0. The number of hydrogen-bond acceptors (Lipinski definition) is 8. The predicted molar refractivity (Wildman–Crippen MR) is 119 cm³/mol. The van der Waals surface area contributed by atoms with Gasteiger partial charge >= 0.3 is 47.0 Å². The second-order valence-corrected chi connectivity index (χ2v) is 10.7. The smallest absolute Gasteiger partial charge is 0.394 e. The molecular formula is C20H26F17NO8S. The molecule has 0 saturated heterocycles. The van der Waals surface area contributed by atoms with Crippen molar-refractivity contribution in [3.05, 3.63) is 0 Å². The number of alkyl halides is 17. The van der Waals surface area contributed by atoms with Crippen LogP contribution in [-0.4, -0.2) is 149 Å². The Labute approximate surface area is 253 Å². The summed E-state index contributed by atoms with van der Waals surface area (Å²) in [5.74, 6) is -52.2. The van der Waals surface area contributed by atoms with E-state index in [0.29, 0.717) is 0 Å². The Hall–Kier alpha value is -1.52. The highest BCUT2D eigenvalue weighted by Crippen LogP contribution is 2.64. The fourth-order valence-electron chi connectivity index (χ4n) is 2.93. The lowest BCUT2D eigenvalue weighted by atomic mass is 9.91. The maximum Gasteiger partial charge on any atom is 0.460 e. The number of ether oxygens (including phenoxy) is 4. The lowest BCUT2D eigenvalue weighted by Gasteiger charge is -2.43. The van der Waals surface area contributed by atoms with Gasteiger partial charge in [0.25, 0.3) is 10.0 Å². The molecule has 0 unspecified atom stereocenters. The number of rotatable bonds is 24. The third-order valence-corrected chi connectivity index (χ3v) is 7.49. The maximum atomic E-state index is 14.7. The zero-order chi connectivity index (χ0) is 37.4. The number of nitrogens with zero attached hydrogens (tertiary/aromatic N) is 1. The number of aliphatic hydroxyl groups excluding tert-OH is 2. The molecule has 0 aliphatic carbocycles. The molecule has 0 atom stereocenters. The Bertz CT molecular complexity index is 1040. The quantitative estimate of drug-likeness (QED) is 0.113. The van der Waals surface area contributed by atoms with E-state index in [4.69, 9.17) is 19.7 Å². The molecule has 0 spiro atoms. The standard InChI is InChI=1S/C20H26F17NO8S/c21-13(22,15(25,26)17(29,30)19(33,34)35)14(23,24)16(27,28)18(31,32)20(36,37)47(41,42)38(1-5-43-9-11-45-7-3-39)2-6-44-10-12-46-8-4-40/h39-40H,1-12H2. The molecule has 2 N–H and O–H groups in total. The topological polar surface area (TPSA) is 115 Å². The van der Waals surface area contributed by atoms with E-state index in [1.165, 1.54) is 0 Å². The first kappa shape index (κ1) is 45.5. The minimum Gasteiger partial charge on any atom is -0.394 e. The van der Waals surface area contributed by atoms with Crippen LogP contribution in [0.25, 0.3) is 0 Å². The summed E-state index contributed by atoms with van der Waals surface area (Å²) < 4.78 is 274. The molecule has 284 valence electrons. The third kappa shape index (κ3) is 8.99. The van der Waals surface area contributed by atoms with Crippen molar-refractivity contribution in [3.8, 4) is 0 Å². The average Bonchev–Trinajstić information content (AvgIpc) is 2.93. The van der Waals surface area contributed by atoms with E-state index in [-0.39, 0.29) is 26.4 Å². The van der Waals surface area contributed by atoms with Crippen LogP contribution < -0.4 is 0 Å². The van der Waals surface area contributed by atoms with Crippen molar-refractivity contribution in [1.82, 2.24) is 4.31 Å². The van der Waals surface area contributed by atoms with Gasteiger partial charge in [-0.25, -0.2) is 8.42 Å². The molecule has 0 aromatic carbocycles. The molecule has 0 heterocycles. The summed E-state index contributed by atoms with van der Waals surface area (Å²) in [5, 5.41) is 9.35. The van der Waals surface area contributed by atoms with Gasteiger partial charge in [-0.3, -0.25) is 0 Å². The van der Waals surface area contributed by atoms with E-state index < -0.39 is 114 Å². The number of sulfonamides is 1. The van der Waals surface area contributed by atoms with Gasteiger partial charge in [0.1, 0.15) is 0 Å². The molecule has 0 aromatic rings. The van der Waals surface area contributed by atoms with Gasteiger partial charge in [0.05, 0.1) is 66.1 Å². The van der Waals surface area contributed by atoms with Gasteiger partial charge in [0.2, 0.25) is 0 Å². The van der Waals surface area contributed by atoms with Crippen LogP contribution >= 0.6 is 0 Å².